The minimum atomic E-state index is 0.262. The van der Waals surface area contributed by atoms with Crippen LogP contribution in [0, 0.1) is 0 Å². The van der Waals surface area contributed by atoms with E-state index >= 15 is 0 Å². The predicted octanol–water partition coefficient (Wildman–Crippen LogP) is 6.14. The Hall–Kier alpha value is -1.17. The first-order valence-electron chi connectivity index (χ1n) is 9.16. The summed E-state index contributed by atoms with van der Waals surface area (Å²) in [6.45, 7) is 6.62. The number of benzene rings is 2. The van der Waals surface area contributed by atoms with E-state index in [9.17, 15) is 0 Å². The highest BCUT2D eigenvalue weighted by molar-refractivity contribution is 6.35. The van der Waals surface area contributed by atoms with Crippen molar-refractivity contribution in [3.63, 3.8) is 0 Å². The maximum atomic E-state index is 6.44. The van der Waals surface area contributed by atoms with E-state index in [1.165, 1.54) is 0 Å². The molecular formula is C21H26Cl3NO3. The van der Waals surface area contributed by atoms with Gasteiger partial charge in [0.25, 0.3) is 0 Å². The average molecular weight is 447 g/mol. The highest BCUT2D eigenvalue weighted by atomic mass is 35.5. The maximum absolute atomic E-state index is 6.44. The van der Waals surface area contributed by atoms with Crippen LogP contribution in [0.4, 0.5) is 0 Å². The van der Waals surface area contributed by atoms with Crippen LogP contribution in [0.3, 0.4) is 0 Å². The summed E-state index contributed by atoms with van der Waals surface area (Å²) < 4.78 is 16.9. The van der Waals surface area contributed by atoms with Crippen LogP contribution in [0.25, 0.3) is 0 Å². The van der Waals surface area contributed by atoms with Crippen LogP contribution in [0.15, 0.2) is 30.3 Å². The molecule has 7 heteroatoms. The van der Waals surface area contributed by atoms with Crippen molar-refractivity contribution in [2.45, 2.75) is 39.5 Å². The lowest BCUT2D eigenvalue weighted by molar-refractivity contribution is 0.0770. The highest BCUT2D eigenvalue weighted by Crippen LogP contribution is 2.37. The SMILES string of the molecule is COc1cc(CNCCCOC(C)C)cc(Cl)c1OCc1ccc(Cl)cc1Cl. The van der Waals surface area contributed by atoms with Crippen molar-refractivity contribution in [2.24, 2.45) is 0 Å². The van der Waals surface area contributed by atoms with E-state index in [4.69, 9.17) is 49.0 Å². The first-order valence-corrected chi connectivity index (χ1v) is 10.3. The Kier molecular flexibility index (Phi) is 9.69. The van der Waals surface area contributed by atoms with Gasteiger partial charge in [-0.25, -0.2) is 0 Å². The zero-order valence-electron chi connectivity index (χ0n) is 16.4. The lowest BCUT2D eigenvalue weighted by Gasteiger charge is -2.15. The number of hydrogen-bond acceptors (Lipinski definition) is 4. The van der Waals surface area contributed by atoms with Gasteiger partial charge in [0, 0.05) is 28.8 Å². The zero-order valence-corrected chi connectivity index (χ0v) is 18.6. The molecule has 0 atom stereocenters. The molecule has 2 aromatic rings. The van der Waals surface area contributed by atoms with E-state index in [0.29, 0.717) is 33.1 Å². The Balaban J connectivity index is 1.94. The molecule has 0 saturated heterocycles. The normalized spacial score (nSPS) is 11.1. The molecule has 0 aromatic heterocycles. The second kappa shape index (κ2) is 11.7. The topological polar surface area (TPSA) is 39.7 Å². The molecule has 0 radical (unpaired) electrons. The Morgan fingerprint density at radius 3 is 2.50 bits per heavy atom. The van der Waals surface area contributed by atoms with Crippen molar-refractivity contribution >= 4 is 34.8 Å². The van der Waals surface area contributed by atoms with Gasteiger partial charge in [-0.1, -0.05) is 40.9 Å². The molecular weight excluding hydrogens is 421 g/mol. The second-order valence-electron chi connectivity index (χ2n) is 6.58. The smallest absolute Gasteiger partial charge is 0.180 e. The molecule has 0 aliphatic rings. The molecule has 2 aromatic carbocycles. The van der Waals surface area contributed by atoms with Crippen LogP contribution in [-0.2, 0) is 17.9 Å². The van der Waals surface area contributed by atoms with E-state index in [0.717, 1.165) is 30.7 Å². The number of methoxy groups -OCH3 is 1. The number of hydrogen-bond donors (Lipinski definition) is 1. The number of nitrogens with one attached hydrogen (secondary N) is 1. The predicted molar refractivity (Wildman–Crippen MR) is 116 cm³/mol. The Morgan fingerprint density at radius 2 is 1.82 bits per heavy atom. The van der Waals surface area contributed by atoms with Crippen molar-refractivity contribution in [3.05, 3.63) is 56.5 Å². The van der Waals surface area contributed by atoms with Crippen LogP contribution in [0.1, 0.15) is 31.4 Å². The van der Waals surface area contributed by atoms with E-state index in [1.54, 1.807) is 19.2 Å². The summed E-state index contributed by atoms with van der Waals surface area (Å²) in [6.07, 6.45) is 1.21. The van der Waals surface area contributed by atoms with Gasteiger partial charge in [-0.05, 0) is 56.6 Å². The van der Waals surface area contributed by atoms with Crippen LogP contribution >= 0.6 is 34.8 Å². The van der Waals surface area contributed by atoms with Gasteiger partial charge < -0.3 is 19.5 Å². The molecule has 0 heterocycles. The molecule has 154 valence electrons. The summed E-state index contributed by atoms with van der Waals surface area (Å²) in [7, 11) is 1.59. The monoisotopic (exact) mass is 445 g/mol. The lowest BCUT2D eigenvalue weighted by Crippen LogP contribution is -2.17. The van der Waals surface area contributed by atoms with Crippen molar-refractivity contribution in [1.29, 1.82) is 0 Å². The van der Waals surface area contributed by atoms with Gasteiger partial charge in [0.15, 0.2) is 11.5 Å². The standard InChI is InChI=1S/C21H26Cl3NO3/c1-14(2)27-8-4-7-25-12-15-9-19(24)21(20(10-15)26-3)28-13-16-5-6-17(22)11-18(16)23/h5-6,9-11,14,25H,4,7-8,12-13H2,1-3H3. The molecule has 0 unspecified atom stereocenters. The minimum absolute atomic E-state index is 0.262. The third-order valence-electron chi connectivity index (χ3n) is 3.95. The van der Waals surface area contributed by atoms with Gasteiger partial charge in [0.05, 0.1) is 18.2 Å². The van der Waals surface area contributed by atoms with Gasteiger partial charge in [-0.15, -0.1) is 0 Å². The van der Waals surface area contributed by atoms with E-state index in [2.05, 4.69) is 5.32 Å². The molecule has 2 rings (SSSR count). The molecule has 0 saturated carbocycles. The quantitative estimate of drug-likeness (QED) is 0.421. The largest absolute Gasteiger partial charge is 0.493 e. The molecule has 0 aliphatic carbocycles. The van der Waals surface area contributed by atoms with Gasteiger partial charge in [0.2, 0.25) is 0 Å². The van der Waals surface area contributed by atoms with Crippen molar-refractivity contribution in [3.8, 4) is 11.5 Å². The van der Waals surface area contributed by atoms with Gasteiger partial charge >= 0.3 is 0 Å². The van der Waals surface area contributed by atoms with Crippen LogP contribution in [0.2, 0.25) is 15.1 Å². The van der Waals surface area contributed by atoms with Gasteiger partial charge in [-0.3, -0.25) is 0 Å². The first kappa shape index (κ1) is 23.1. The molecule has 4 nitrogen and oxygen atoms in total. The number of halogens is 3. The fraction of sp³-hybridized carbons (Fsp3) is 0.429. The van der Waals surface area contributed by atoms with Gasteiger partial charge in [0.1, 0.15) is 6.61 Å². The summed E-state index contributed by atoms with van der Waals surface area (Å²) in [4.78, 5) is 0. The minimum Gasteiger partial charge on any atom is -0.493 e. The summed E-state index contributed by atoms with van der Waals surface area (Å²) in [6, 6.07) is 9.07. The molecule has 0 amide bonds. The first-order chi connectivity index (χ1) is 13.4. The van der Waals surface area contributed by atoms with Crippen molar-refractivity contribution < 1.29 is 14.2 Å². The van der Waals surface area contributed by atoms with Crippen LogP contribution in [-0.4, -0.2) is 26.4 Å². The molecule has 0 aliphatic heterocycles. The Bertz CT molecular complexity index is 769. The molecule has 1 N–H and O–H groups in total. The molecule has 0 spiro atoms. The summed E-state index contributed by atoms with van der Waals surface area (Å²) in [5, 5.41) is 5.00. The second-order valence-corrected chi connectivity index (χ2v) is 7.83. The third kappa shape index (κ3) is 7.34. The lowest BCUT2D eigenvalue weighted by atomic mass is 10.2. The summed E-state index contributed by atoms with van der Waals surface area (Å²) >= 11 is 18.6. The van der Waals surface area contributed by atoms with E-state index in [-0.39, 0.29) is 12.7 Å². The van der Waals surface area contributed by atoms with Crippen LogP contribution in [0.5, 0.6) is 11.5 Å². The number of rotatable bonds is 11. The van der Waals surface area contributed by atoms with Crippen molar-refractivity contribution in [1.82, 2.24) is 5.32 Å². The average Bonchev–Trinajstić information content (AvgIpc) is 2.64. The fourth-order valence-corrected chi connectivity index (χ4v) is 3.30. The molecule has 0 fully saturated rings. The third-order valence-corrected chi connectivity index (χ3v) is 4.82. The molecule has 0 bridgehead atoms. The number of ether oxygens (including phenoxy) is 3. The van der Waals surface area contributed by atoms with E-state index in [1.807, 2.05) is 32.0 Å². The van der Waals surface area contributed by atoms with Crippen LogP contribution < -0.4 is 14.8 Å². The Morgan fingerprint density at radius 1 is 1.04 bits per heavy atom. The fourth-order valence-electron chi connectivity index (χ4n) is 2.55. The molecule has 28 heavy (non-hydrogen) atoms. The van der Waals surface area contributed by atoms with Gasteiger partial charge in [-0.2, -0.15) is 0 Å². The van der Waals surface area contributed by atoms with Crippen molar-refractivity contribution in [2.75, 3.05) is 20.3 Å². The summed E-state index contributed by atoms with van der Waals surface area (Å²) in [5.74, 6) is 1.07. The van der Waals surface area contributed by atoms with E-state index < -0.39 is 0 Å². The Labute approximate surface area is 182 Å². The zero-order chi connectivity index (χ0) is 20.5. The highest BCUT2D eigenvalue weighted by Gasteiger charge is 2.13. The maximum Gasteiger partial charge on any atom is 0.180 e. The summed E-state index contributed by atoms with van der Waals surface area (Å²) in [5.41, 5.74) is 1.84.